The Morgan fingerprint density at radius 2 is 2.03 bits per heavy atom. The van der Waals surface area contributed by atoms with Crippen LogP contribution in [0.25, 0.3) is 0 Å². The molecule has 29 heavy (non-hydrogen) atoms. The first-order valence-electron chi connectivity index (χ1n) is 9.52. The van der Waals surface area contributed by atoms with Crippen LogP contribution < -0.4 is 15.4 Å². The minimum atomic E-state index is -1.01. The summed E-state index contributed by atoms with van der Waals surface area (Å²) >= 11 is 0. The molecular weight excluding hydrogens is 380 g/mol. The Morgan fingerprint density at radius 1 is 1.34 bits per heavy atom. The van der Waals surface area contributed by atoms with Gasteiger partial charge < -0.3 is 15.4 Å². The van der Waals surface area contributed by atoms with E-state index >= 15 is 0 Å². The highest BCUT2D eigenvalue weighted by molar-refractivity contribution is 6.10. The maximum atomic E-state index is 12.9. The van der Waals surface area contributed by atoms with Crippen molar-refractivity contribution in [3.05, 3.63) is 28.3 Å². The number of hydrogen-bond donors (Lipinski definition) is 2. The highest BCUT2D eigenvalue weighted by atomic mass is 16.6. The van der Waals surface area contributed by atoms with Gasteiger partial charge >= 0.3 is 6.03 Å². The van der Waals surface area contributed by atoms with Gasteiger partial charge in [0.1, 0.15) is 17.8 Å². The number of nitro benzene ring substituents is 1. The van der Waals surface area contributed by atoms with Crippen molar-refractivity contribution in [3.8, 4) is 5.75 Å². The van der Waals surface area contributed by atoms with Crippen LogP contribution in [0.4, 0.5) is 16.2 Å². The lowest BCUT2D eigenvalue weighted by atomic mass is 9.75. The fourth-order valence-corrected chi connectivity index (χ4v) is 4.06. The average Bonchev–Trinajstić information content (AvgIpc) is 2.92. The highest BCUT2D eigenvalue weighted by Crippen LogP contribution is 2.36. The van der Waals surface area contributed by atoms with Gasteiger partial charge in [0.15, 0.2) is 0 Å². The largest absolute Gasteiger partial charge is 0.495 e. The Bertz CT molecular complexity index is 851. The van der Waals surface area contributed by atoms with Crippen molar-refractivity contribution in [1.82, 2.24) is 10.2 Å². The minimum absolute atomic E-state index is 0.0395. The molecule has 0 radical (unpaired) electrons. The molecule has 1 aromatic rings. The minimum Gasteiger partial charge on any atom is -0.495 e. The van der Waals surface area contributed by atoms with Crippen LogP contribution in [0, 0.1) is 16.0 Å². The highest BCUT2D eigenvalue weighted by Gasteiger charge is 2.52. The van der Waals surface area contributed by atoms with E-state index in [1.807, 2.05) is 0 Å². The summed E-state index contributed by atoms with van der Waals surface area (Å²) in [4.78, 5) is 49.1. The quantitative estimate of drug-likeness (QED) is 0.425. The lowest BCUT2D eigenvalue weighted by molar-refractivity contribution is -0.384. The second kappa shape index (κ2) is 8.06. The van der Waals surface area contributed by atoms with Crippen molar-refractivity contribution in [1.29, 1.82) is 0 Å². The number of carbonyl (C=O) groups is 3. The molecule has 2 N–H and O–H groups in total. The lowest BCUT2D eigenvalue weighted by Gasteiger charge is -2.34. The molecule has 1 saturated carbocycles. The monoisotopic (exact) mass is 404 g/mol. The molecule has 1 saturated heterocycles. The van der Waals surface area contributed by atoms with Crippen molar-refractivity contribution in [2.75, 3.05) is 19.0 Å². The van der Waals surface area contributed by atoms with Gasteiger partial charge in [-0.25, -0.2) is 4.79 Å². The number of non-ortho nitro benzene ring substituents is 1. The van der Waals surface area contributed by atoms with E-state index in [2.05, 4.69) is 10.6 Å². The molecular formula is C19H24N4O6. The van der Waals surface area contributed by atoms with Crippen LogP contribution in [0.3, 0.4) is 0 Å². The molecule has 1 heterocycles. The fourth-order valence-electron chi connectivity index (χ4n) is 4.06. The van der Waals surface area contributed by atoms with Crippen molar-refractivity contribution in [2.24, 2.45) is 5.92 Å². The van der Waals surface area contributed by atoms with Crippen molar-refractivity contribution >= 4 is 29.2 Å². The molecule has 1 aliphatic carbocycles. The van der Waals surface area contributed by atoms with Crippen LogP contribution in [-0.4, -0.2) is 46.9 Å². The second-order valence-electron chi connectivity index (χ2n) is 7.55. The first-order valence-corrected chi connectivity index (χ1v) is 9.52. The number of anilines is 1. The number of nitro groups is 1. The third kappa shape index (κ3) is 4.01. The predicted octanol–water partition coefficient (Wildman–Crippen LogP) is 2.43. The van der Waals surface area contributed by atoms with Crippen molar-refractivity contribution < 1.29 is 24.0 Å². The normalized spacial score (nSPS) is 22.3. The number of carbonyl (C=O) groups excluding carboxylic acids is 3. The molecule has 1 aromatic carbocycles. The second-order valence-corrected chi connectivity index (χ2v) is 7.55. The summed E-state index contributed by atoms with van der Waals surface area (Å²) in [6.45, 7) is 1.23. The molecule has 2 aliphatic rings. The van der Waals surface area contributed by atoms with Crippen LogP contribution in [0.5, 0.6) is 5.75 Å². The maximum Gasteiger partial charge on any atom is 0.325 e. The van der Waals surface area contributed by atoms with Gasteiger partial charge in [-0.2, -0.15) is 0 Å². The van der Waals surface area contributed by atoms with Crippen LogP contribution in [0.2, 0.25) is 0 Å². The summed E-state index contributed by atoms with van der Waals surface area (Å²) in [7, 11) is 1.36. The summed E-state index contributed by atoms with van der Waals surface area (Å²) in [5.74, 6) is -0.804. The Balaban J connectivity index is 1.72. The molecule has 10 nitrogen and oxygen atoms in total. The number of imide groups is 1. The van der Waals surface area contributed by atoms with Gasteiger partial charge in [-0.15, -0.1) is 0 Å². The molecule has 2 fully saturated rings. The predicted molar refractivity (Wildman–Crippen MR) is 104 cm³/mol. The number of benzene rings is 1. The van der Waals surface area contributed by atoms with Gasteiger partial charge in [0.25, 0.3) is 11.6 Å². The van der Waals surface area contributed by atoms with E-state index in [-0.39, 0.29) is 23.0 Å². The zero-order valence-corrected chi connectivity index (χ0v) is 16.4. The van der Waals surface area contributed by atoms with E-state index in [4.69, 9.17) is 4.74 Å². The average molecular weight is 404 g/mol. The number of nitrogens with zero attached hydrogens (tertiary/aromatic N) is 2. The number of hydrogen-bond acceptors (Lipinski definition) is 6. The van der Waals surface area contributed by atoms with Crippen molar-refractivity contribution in [3.63, 3.8) is 0 Å². The summed E-state index contributed by atoms with van der Waals surface area (Å²) < 4.78 is 5.11. The van der Waals surface area contributed by atoms with E-state index in [1.165, 1.54) is 19.2 Å². The zero-order chi connectivity index (χ0) is 21.2. The summed E-state index contributed by atoms with van der Waals surface area (Å²) in [6, 6.07) is 3.17. The summed E-state index contributed by atoms with van der Waals surface area (Å²) in [6.07, 6.45) is 4.85. The Hall–Kier alpha value is -3.17. The molecule has 156 valence electrons. The molecule has 1 aliphatic heterocycles. The third-order valence-electron chi connectivity index (χ3n) is 5.69. The van der Waals surface area contributed by atoms with Gasteiger partial charge in [-0.3, -0.25) is 24.6 Å². The van der Waals surface area contributed by atoms with Gasteiger partial charge in [-0.05, 0) is 31.7 Å². The Labute approximate surface area is 167 Å². The Kier molecular flexibility index (Phi) is 5.71. The molecule has 0 aromatic heterocycles. The molecule has 10 heteroatoms. The van der Waals surface area contributed by atoms with Crippen LogP contribution >= 0.6 is 0 Å². The van der Waals surface area contributed by atoms with E-state index in [0.717, 1.165) is 43.1 Å². The molecule has 0 unspecified atom stereocenters. The molecule has 3 rings (SSSR count). The number of amides is 4. The van der Waals surface area contributed by atoms with Gasteiger partial charge in [0.05, 0.1) is 17.7 Å². The van der Waals surface area contributed by atoms with Gasteiger partial charge in [0.2, 0.25) is 5.91 Å². The molecule has 1 atom stereocenters. The molecule has 0 spiro atoms. The smallest absolute Gasteiger partial charge is 0.325 e. The standard InChI is InChI=1S/C19H24N4O6/c1-19(12-6-4-3-5-7-12)17(25)22(18(26)21-19)11-16(24)20-14-10-13(23(27)28)8-9-15(14)29-2/h8-10,12H,3-7,11H2,1-2H3,(H,20,24)(H,21,26)/t19-/m0/s1. The van der Waals surface area contributed by atoms with E-state index in [1.54, 1.807) is 6.92 Å². The topological polar surface area (TPSA) is 131 Å². The first-order chi connectivity index (χ1) is 13.8. The SMILES string of the molecule is COc1ccc([N+](=O)[O-])cc1NC(=O)CN1C(=O)N[C@@](C)(C2CCCCC2)C1=O. The fraction of sp³-hybridized carbons (Fsp3) is 0.526. The van der Waals surface area contributed by atoms with Crippen LogP contribution in [0.15, 0.2) is 18.2 Å². The maximum absolute atomic E-state index is 12.9. The Morgan fingerprint density at radius 3 is 2.66 bits per heavy atom. The lowest BCUT2D eigenvalue weighted by Crippen LogP contribution is -2.51. The van der Waals surface area contributed by atoms with E-state index in [0.29, 0.717) is 0 Å². The third-order valence-corrected chi connectivity index (χ3v) is 5.69. The van der Waals surface area contributed by atoms with E-state index in [9.17, 15) is 24.5 Å². The number of rotatable bonds is 6. The van der Waals surface area contributed by atoms with Crippen molar-refractivity contribution in [2.45, 2.75) is 44.6 Å². The number of ether oxygens (including phenoxy) is 1. The summed E-state index contributed by atoms with van der Waals surface area (Å²) in [5.41, 5.74) is -1.14. The van der Waals surface area contributed by atoms with Crippen LogP contribution in [-0.2, 0) is 9.59 Å². The van der Waals surface area contributed by atoms with Crippen LogP contribution in [0.1, 0.15) is 39.0 Å². The number of methoxy groups -OCH3 is 1. The first kappa shape index (κ1) is 20.6. The number of urea groups is 1. The zero-order valence-electron chi connectivity index (χ0n) is 16.4. The number of nitrogens with one attached hydrogen (secondary N) is 2. The van der Waals surface area contributed by atoms with Gasteiger partial charge in [0, 0.05) is 12.1 Å². The molecule has 0 bridgehead atoms. The van der Waals surface area contributed by atoms with Gasteiger partial charge in [-0.1, -0.05) is 19.3 Å². The summed E-state index contributed by atoms with van der Waals surface area (Å²) in [5, 5.41) is 16.2. The molecule has 4 amide bonds. The van der Waals surface area contributed by atoms with E-state index < -0.39 is 34.9 Å².